The van der Waals surface area contributed by atoms with E-state index in [2.05, 4.69) is 26.1 Å². The van der Waals surface area contributed by atoms with Crippen molar-refractivity contribution in [3.8, 4) is 0 Å². The summed E-state index contributed by atoms with van der Waals surface area (Å²) in [5, 5.41) is 2.98. The van der Waals surface area contributed by atoms with Crippen molar-refractivity contribution < 1.29 is 40.1 Å². The number of rotatable bonds is 14. The molecule has 0 bridgehead atoms. The van der Waals surface area contributed by atoms with Crippen molar-refractivity contribution in [2.45, 2.75) is 73.3 Å². The van der Waals surface area contributed by atoms with Crippen LogP contribution >= 0.6 is 7.26 Å². The summed E-state index contributed by atoms with van der Waals surface area (Å²) in [4.78, 5) is 12.6. The zero-order valence-corrected chi connectivity index (χ0v) is 22.1. The fourth-order valence-electron chi connectivity index (χ4n) is 3.36. The van der Waals surface area contributed by atoms with Crippen LogP contribution in [0.4, 0.5) is 22.1 Å². The molecule has 0 aromatic heterocycles. The summed E-state index contributed by atoms with van der Waals surface area (Å²) in [5.74, 6) is -0.0534. The summed E-state index contributed by atoms with van der Waals surface area (Å²) in [7, 11) is -10.3. The second-order valence-electron chi connectivity index (χ2n) is 6.67. The SMILES string of the molecule is CCO[Si](OCC)(OCC)C(CC)NC(=O)OC(C)[P+](CC)(CC)CC.F[B-](F)(F)F. The minimum absolute atomic E-state index is 0.0534. The molecule has 0 saturated heterocycles. The molecule has 1 N–H and O–H groups in total. The lowest BCUT2D eigenvalue weighted by atomic mass is 10.3. The van der Waals surface area contributed by atoms with Crippen molar-refractivity contribution in [3.05, 3.63) is 0 Å². The summed E-state index contributed by atoms with van der Waals surface area (Å²) in [5.41, 5.74) is -0.320. The Bertz CT molecular complexity index is 459. The average Bonchev–Trinajstić information content (AvgIpc) is 2.67. The van der Waals surface area contributed by atoms with E-state index >= 15 is 0 Å². The number of ether oxygens (including phenoxy) is 1. The Balaban J connectivity index is 0. The van der Waals surface area contributed by atoms with Crippen molar-refractivity contribution in [1.29, 1.82) is 0 Å². The minimum atomic E-state index is -6.00. The number of carbonyl (C=O) groups excluding carboxylic acids is 1. The van der Waals surface area contributed by atoms with Crippen LogP contribution in [0.3, 0.4) is 0 Å². The van der Waals surface area contributed by atoms with Crippen LogP contribution in [0.1, 0.15) is 61.8 Å². The second-order valence-corrected chi connectivity index (χ2v) is 14.5. The molecule has 0 aliphatic heterocycles. The van der Waals surface area contributed by atoms with Gasteiger partial charge in [0.15, 0.2) is 0 Å². The number of nitrogens with one attached hydrogen (secondary N) is 1. The number of alkyl carbamates (subject to hydrolysis) is 1. The fourth-order valence-corrected chi connectivity index (χ4v) is 9.41. The Labute approximate surface area is 186 Å². The summed E-state index contributed by atoms with van der Waals surface area (Å²) in [6.45, 7) is 17.8. The van der Waals surface area contributed by atoms with Crippen LogP contribution in [0.15, 0.2) is 0 Å². The molecule has 2 unspecified atom stereocenters. The van der Waals surface area contributed by atoms with Crippen LogP contribution in [0, 0.1) is 0 Å². The average molecular weight is 497 g/mol. The van der Waals surface area contributed by atoms with Gasteiger partial charge in [-0.2, -0.15) is 0 Å². The maximum Gasteiger partial charge on any atom is 0.673 e. The molecule has 6 nitrogen and oxygen atoms in total. The standard InChI is InChI=1S/C18H40NO5PSi.BF4/c1-9-17(26(21-10-2,22-11-3)23-12-4)19-18(20)24-16(8)25(13-5,14-6)15-7;2-1(3,4)5/h16-17H,9-15H2,1-8H3;/q;-1/p+1. The van der Waals surface area contributed by atoms with Gasteiger partial charge < -0.3 is 40.6 Å². The van der Waals surface area contributed by atoms with Crippen molar-refractivity contribution in [3.63, 3.8) is 0 Å². The lowest BCUT2D eigenvalue weighted by Crippen LogP contribution is -2.63. The second kappa shape index (κ2) is 16.2. The molecule has 0 rings (SSSR count). The van der Waals surface area contributed by atoms with Gasteiger partial charge in [-0.05, 0) is 48.0 Å². The quantitative estimate of drug-likeness (QED) is 0.187. The highest BCUT2D eigenvalue weighted by atomic mass is 31.2. The van der Waals surface area contributed by atoms with E-state index in [1.807, 2.05) is 34.6 Å². The zero-order valence-electron chi connectivity index (χ0n) is 20.2. The first-order chi connectivity index (χ1) is 14.3. The third kappa shape index (κ3) is 12.4. The largest absolute Gasteiger partial charge is 0.673 e. The van der Waals surface area contributed by atoms with Gasteiger partial charge in [0.2, 0.25) is 5.85 Å². The number of carbonyl (C=O) groups is 1. The van der Waals surface area contributed by atoms with E-state index < -0.39 is 29.4 Å². The monoisotopic (exact) mass is 497 g/mol. The van der Waals surface area contributed by atoms with E-state index in [1.165, 1.54) is 0 Å². The van der Waals surface area contributed by atoms with E-state index in [4.69, 9.17) is 18.0 Å². The van der Waals surface area contributed by atoms with Crippen molar-refractivity contribution >= 4 is 29.4 Å². The van der Waals surface area contributed by atoms with Crippen molar-refractivity contribution in [1.82, 2.24) is 5.32 Å². The van der Waals surface area contributed by atoms with Gasteiger partial charge in [-0.25, -0.2) is 4.79 Å². The topological polar surface area (TPSA) is 66.0 Å². The Kier molecular flexibility index (Phi) is 17.2. The van der Waals surface area contributed by atoms with Crippen LogP contribution in [0.5, 0.6) is 0 Å². The molecule has 0 aromatic carbocycles. The molecule has 13 heteroatoms. The predicted molar refractivity (Wildman–Crippen MR) is 123 cm³/mol. The smallest absolute Gasteiger partial charge is 0.418 e. The van der Waals surface area contributed by atoms with Crippen molar-refractivity contribution in [2.75, 3.05) is 38.3 Å². The maximum atomic E-state index is 12.6. The Hall–Kier alpha value is -0.418. The zero-order chi connectivity index (χ0) is 24.7. The number of hydrogen-bond acceptors (Lipinski definition) is 5. The lowest BCUT2D eigenvalue weighted by molar-refractivity contribution is 0.0549. The van der Waals surface area contributed by atoms with Gasteiger partial charge in [-0.1, -0.05) is 6.92 Å². The van der Waals surface area contributed by atoms with Gasteiger partial charge in [0, 0.05) is 26.7 Å². The third-order valence-electron chi connectivity index (χ3n) is 5.10. The van der Waals surface area contributed by atoms with Gasteiger partial charge in [-0.3, -0.25) is 0 Å². The Morgan fingerprint density at radius 2 is 1.23 bits per heavy atom. The van der Waals surface area contributed by atoms with Crippen molar-refractivity contribution in [2.24, 2.45) is 0 Å². The van der Waals surface area contributed by atoms with Crippen LogP contribution in [0.2, 0.25) is 0 Å². The number of amides is 1. The molecule has 0 radical (unpaired) electrons. The number of halogens is 4. The normalized spacial score (nSPS) is 14.3. The highest BCUT2D eigenvalue weighted by Gasteiger charge is 2.50. The first-order valence-electron chi connectivity index (χ1n) is 11.0. The Morgan fingerprint density at radius 3 is 1.48 bits per heavy atom. The first kappa shape index (κ1) is 32.8. The molecular weight excluding hydrogens is 456 g/mol. The van der Waals surface area contributed by atoms with Crippen LogP contribution in [-0.4, -0.2) is 72.0 Å². The molecule has 0 heterocycles. The molecule has 0 spiro atoms. The van der Waals surface area contributed by atoms with E-state index in [0.29, 0.717) is 26.2 Å². The Morgan fingerprint density at radius 1 is 0.871 bits per heavy atom. The molecule has 0 saturated carbocycles. The molecule has 31 heavy (non-hydrogen) atoms. The summed E-state index contributed by atoms with van der Waals surface area (Å²) < 4.78 is 62.6. The fraction of sp³-hybridized carbons (Fsp3) is 0.944. The number of hydrogen-bond donors (Lipinski definition) is 1. The van der Waals surface area contributed by atoms with Gasteiger partial charge in [0.1, 0.15) is 5.67 Å². The minimum Gasteiger partial charge on any atom is -0.418 e. The predicted octanol–water partition coefficient (Wildman–Crippen LogP) is 5.80. The summed E-state index contributed by atoms with van der Waals surface area (Å²) >= 11 is 0. The van der Waals surface area contributed by atoms with E-state index in [-0.39, 0.29) is 11.5 Å². The molecule has 188 valence electrons. The maximum absolute atomic E-state index is 12.6. The van der Waals surface area contributed by atoms with E-state index in [1.54, 1.807) is 0 Å². The van der Waals surface area contributed by atoms with Crippen LogP contribution < -0.4 is 5.32 Å². The first-order valence-corrected chi connectivity index (χ1v) is 15.2. The van der Waals surface area contributed by atoms with Gasteiger partial charge in [0.05, 0.1) is 25.7 Å². The highest BCUT2D eigenvalue weighted by molar-refractivity contribution is 7.76. The van der Waals surface area contributed by atoms with Crippen LogP contribution in [0.25, 0.3) is 0 Å². The molecule has 2 atom stereocenters. The van der Waals surface area contributed by atoms with E-state index in [0.717, 1.165) is 18.5 Å². The molecule has 0 fully saturated rings. The molecule has 0 aliphatic rings. The summed E-state index contributed by atoms with van der Waals surface area (Å²) in [6.07, 6.45) is 3.51. The molecular formula is C18H41BF4NO5PSi. The molecule has 1 amide bonds. The van der Waals surface area contributed by atoms with Gasteiger partial charge in [0.25, 0.3) is 0 Å². The highest BCUT2D eigenvalue weighted by Crippen LogP contribution is 2.62. The van der Waals surface area contributed by atoms with Gasteiger partial charge in [-0.15, -0.1) is 0 Å². The summed E-state index contributed by atoms with van der Waals surface area (Å²) in [6, 6.07) is 0. The van der Waals surface area contributed by atoms with Crippen LogP contribution in [-0.2, 0) is 18.0 Å². The lowest BCUT2D eigenvalue weighted by Gasteiger charge is -2.35. The van der Waals surface area contributed by atoms with Gasteiger partial charge >= 0.3 is 22.2 Å². The molecule has 0 aromatic rings. The van der Waals surface area contributed by atoms with E-state index in [9.17, 15) is 22.1 Å². The molecule has 0 aliphatic carbocycles. The third-order valence-corrected chi connectivity index (χ3v) is 14.0.